The highest BCUT2D eigenvalue weighted by Crippen LogP contribution is 2.48. The molecule has 3 heterocycles. The minimum atomic E-state index is -1.13. The molecule has 0 saturated carbocycles. The van der Waals surface area contributed by atoms with Gasteiger partial charge in [0.2, 0.25) is 0 Å². The largest absolute Gasteiger partial charge is 0.375 e. The summed E-state index contributed by atoms with van der Waals surface area (Å²) in [5, 5.41) is 11.7. The van der Waals surface area contributed by atoms with Crippen molar-refractivity contribution in [2.24, 2.45) is 5.41 Å². The molecule has 4 rings (SSSR count). The molecular weight excluding hydrogens is 465 g/mol. The molecule has 2 aromatic heterocycles. The minimum Gasteiger partial charge on any atom is -0.375 e. The molecule has 2 N–H and O–H groups in total. The molecule has 1 fully saturated rings. The van der Waals surface area contributed by atoms with Gasteiger partial charge >= 0.3 is 0 Å². The second-order valence-electron chi connectivity index (χ2n) is 9.99. The normalized spacial score (nSPS) is 21.0. The number of halogens is 1. The number of benzene rings is 1. The summed E-state index contributed by atoms with van der Waals surface area (Å²) in [5.74, 6) is 0. The van der Waals surface area contributed by atoms with Crippen molar-refractivity contribution in [2.45, 2.75) is 63.1 Å². The van der Waals surface area contributed by atoms with Crippen molar-refractivity contribution in [3.8, 4) is 0 Å². The van der Waals surface area contributed by atoms with Crippen LogP contribution in [0.3, 0.4) is 0 Å². The van der Waals surface area contributed by atoms with Gasteiger partial charge in [-0.2, -0.15) is 4.39 Å². The number of aliphatic hydroxyl groups is 1. The highest BCUT2D eigenvalue weighted by molar-refractivity contribution is 7.97. The van der Waals surface area contributed by atoms with E-state index in [0.717, 1.165) is 47.8 Å². The summed E-state index contributed by atoms with van der Waals surface area (Å²) in [6.45, 7) is 9.95. The van der Waals surface area contributed by atoms with Crippen molar-refractivity contribution in [3.63, 3.8) is 0 Å². The molecule has 0 aliphatic carbocycles. The first-order valence-corrected chi connectivity index (χ1v) is 13.4. The number of hydrogen-bond donors (Lipinski definition) is 2. The SMILES string of the molecule is Cc1ccc(C(C)(C)N2CCC(CCc3ccc(F)s3)(C(C)(O)NSc3ccccc3)C2)cn1. The van der Waals surface area contributed by atoms with Crippen LogP contribution in [0.4, 0.5) is 4.39 Å². The van der Waals surface area contributed by atoms with Crippen LogP contribution in [0, 0.1) is 17.5 Å². The van der Waals surface area contributed by atoms with Gasteiger partial charge in [0, 0.05) is 39.2 Å². The van der Waals surface area contributed by atoms with E-state index >= 15 is 0 Å². The Morgan fingerprint density at radius 1 is 1.15 bits per heavy atom. The Hall–Kier alpha value is -1.77. The van der Waals surface area contributed by atoms with E-state index in [1.807, 2.05) is 56.4 Å². The molecule has 2 atom stereocenters. The number of hydrogen-bond acceptors (Lipinski definition) is 6. The summed E-state index contributed by atoms with van der Waals surface area (Å²) < 4.78 is 17.0. The van der Waals surface area contributed by atoms with E-state index < -0.39 is 11.1 Å². The van der Waals surface area contributed by atoms with E-state index in [-0.39, 0.29) is 10.7 Å². The summed E-state index contributed by atoms with van der Waals surface area (Å²) in [7, 11) is 0. The third kappa shape index (κ3) is 5.39. The van der Waals surface area contributed by atoms with Crippen molar-refractivity contribution in [3.05, 3.63) is 82.1 Å². The Balaban J connectivity index is 1.57. The van der Waals surface area contributed by atoms with Crippen LogP contribution in [-0.4, -0.2) is 33.8 Å². The lowest BCUT2D eigenvalue weighted by Crippen LogP contribution is -2.56. The van der Waals surface area contributed by atoms with Gasteiger partial charge in [0.15, 0.2) is 5.13 Å². The molecule has 182 valence electrons. The van der Waals surface area contributed by atoms with Gasteiger partial charge in [0.1, 0.15) is 5.72 Å². The van der Waals surface area contributed by atoms with Gasteiger partial charge in [-0.05, 0) is 101 Å². The third-order valence-electron chi connectivity index (χ3n) is 7.38. The average Bonchev–Trinajstić information content (AvgIpc) is 3.45. The topological polar surface area (TPSA) is 48.4 Å². The van der Waals surface area contributed by atoms with Crippen LogP contribution in [0.2, 0.25) is 0 Å². The number of aromatic nitrogens is 1. The molecule has 1 aliphatic heterocycles. The van der Waals surface area contributed by atoms with Crippen LogP contribution < -0.4 is 4.72 Å². The van der Waals surface area contributed by atoms with Crippen LogP contribution in [0.5, 0.6) is 0 Å². The van der Waals surface area contributed by atoms with Crippen molar-refractivity contribution in [1.82, 2.24) is 14.6 Å². The number of pyridine rings is 1. The van der Waals surface area contributed by atoms with Crippen LogP contribution in [0.15, 0.2) is 65.7 Å². The van der Waals surface area contributed by atoms with E-state index in [1.165, 1.54) is 34.9 Å². The van der Waals surface area contributed by atoms with E-state index in [4.69, 9.17) is 0 Å². The quantitative estimate of drug-likeness (QED) is 0.273. The lowest BCUT2D eigenvalue weighted by molar-refractivity contribution is -0.0809. The fourth-order valence-electron chi connectivity index (χ4n) is 4.81. The van der Waals surface area contributed by atoms with Crippen LogP contribution in [-0.2, 0) is 12.0 Å². The Labute approximate surface area is 210 Å². The van der Waals surface area contributed by atoms with Gasteiger partial charge in [0.05, 0.1) is 0 Å². The van der Waals surface area contributed by atoms with Gasteiger partial charge in [-0.15, -0.1) is 11.3 Å². The second kappa shape index (κ2) is 10.1. The first-order chi connectivity index (χ1) is 16.1. The minimum absolute atomic E-state index is 0.158. The van der Waals surface area contributed by atoms with E-state index in [1.54, 1.807) is 0 Å². The van der Waals surface area contributed by atoms with E-state index in [9.17, 15) is 9.50 Å². The van der Waals surface area contributed by atoms with E-state index in [0.29, 0.717) is 0 Å². The molecule has 0 radical (unpaired) electrons. The van der Waals surface area contributed by atoms with Gasteiger partial charge in [-0.3, -0.25) is 9.88 Å². The molecule has 0 amide bonds. The average molecular weight is 500 g/mol. The predicted octanol–water partition coefficient (Wildman–Crippen LogP) is 6.16. The Morgan fingerprint density at radius 3 is 2.56 bits per heavy atom. The second-order valence-corrected chi connectivity index (χ2v) is 12.0. The number of rotatable bonds is 9. The molecule has 34 heavy (non-hydrogen) atoms. The van der Waals surface area contributed by atoms with Gasteiger partial charge < -0.3 is 5.11 Å². The van der Waals surface area contributed by atoms with Crippen molar-refractivity contribution < 1.29 is 9.50 Å². The number of aryl methyl sites for hydroxylation is 2. The zero-order chi connectivity index (χ0) is 24.4. The molecule has 3 aromatic rings. The molecule has 1 aromatic carbocycles. The smallest absolute Gasteiger partial charge is 0.176 e. The standard InChI is InChI=1S/C27H34FN3OS2/c1-20-10-11-21(18-29-20)25(2,3)31-17-16-27(19-31,15-14-22-12-13-24(28)33-22)26(4,32)30-34-23-8-6-5-7-9-23/h5-13,18,30,32H,14-17,19H2,1-4H3. The fraction of sp³-hybridized carbons (Fsp3) is 0.444. The molecule has 1 aliphatic rings. The monoisotopic (exact) mass is 499 g/mol. The first-order valence-electron chi connectivity index (χ1n) is 11.8. The Bertz CT molecular complexity index is 1080. The summed E-state index contributed by atoms with van der Waals surface area (Å²) in [6, 6.07) is 17.6. The summed E-state index contributed by atoms with van der Waals surface area (Å²) in [4.78, 5) is 9.05. The molecular formula is C27H34FN3OS2. The number of nitrogens with one attached hydrogen (secondary N) is 1. The number of likely N-dealkylation sites (tertiary alicyclic amines) is 1. The molecule has 0 spiro atoms. The third-order valence-corrected chi connectivity index (χ3v) is 9.33. The number of nitrogens with zero attached hydrogens (tertiary/aromatic N) is 2. The van der Waals surface area contributed by atoms with E-state index in [2.05, 4.69) is 40.6 Å². The van der Waals surface area contributed by atoms with Gasteiger partial charge in [-0.1, -0.05) is 24.3 Å². The Morgan fingerprint density at radius 2 is 1.91 bits per heavy atom. The maximum absolute atomic E-state index is 13.6. The molecule has 2 unspecified atom stereocenters. The van der Waals surface area contributed by atoms with Crippen molar-refractivity contribution >= 4 is 23.3 Å². The fourth-order valence-corrected chi connectivity index (χ4v) is 6.36. The highest BCUT2D eigenvalue weighted by atomic mass is 32.2. The summed E-state index contributed by atoms with van der Waals surface area (Å²) in [5.41, 5.74) is 0.425. The lowest BCUT2D eigenvalue weighted by atomic mass is 9.73. The van der Waals surface area contributed by atoms with Crippen molar-refractivity contribution in [2.75, 3.05) is 13.1 Å². The maximum atomic E-state index is 13.6. The maximum Gasteiger partial charge on any atom is 0.176 e. The van der Waals surface area contributed by atoms with Gasteiger partial charge in [0.25, 0.3) is 0 Å². The molecule has 0 bridgehead atoms. The van der Waals surface area contributed by atoms with Crippen LogP contribution >= 0.6 is 23.3 Å². The summed E-state index contributed by atoms with van der Waals surface area (Å²) in [6.07, 6.45) is 4.31. The van der Waals surface area contributed by atoms with Crippen molar-refractivity contribution in [1.29, 1.82) is 0 Å². The van der Waals surface area contributed by atoms with Gasteiger partial charge in [-0.25, -0.2) is 4.72 Å². The molecule has 7 heteroatoms. The zero-order valence-electron chi connectivity index (χ0n) is 20.3. The van der Waals surface area contributed by atoms with Crippen LogP contribution in [0.25, 0.3) is 0 Å². The zero-order valence-corrected chi connectivity index (χ0v) is 22.0. The Kier molecular flexibility index (Phi) is 7.50. The number of thiophene rings is 1. The molecule has 1 saturated heterocycles. The lowest BCUT2D eigenvalue weighted by Gasteiger charge is -2.45. The first kappa shape index (κ1) is 25.3. The van der Waals surface area contributed by atoms with Crippen LogP contribution in [0.1, 0.15) is 49.7 Å². The highest BCUT2D eigenvalue weighted by Gasteiger charge is 2.53. The molecule has 4 nitrogen and oxygen atoms in total. The summed E-state index contributed by atoms with van der Waals surface area (Å²) >= 11 is 2.66. The predicted molar refractivity (Wildman–Crippen MR) is 139 cm³/mol.